The van der Waals surface area contributed by atoms with Gasteiger partial charge in [-0.15, -0.1) is 0 Å². The smallest absolute Gasteiger partial charge is 0.143 e. The maximum absolute atomic E-state index is 6.01. The highest BCUT2D eigenvalue weighted by atomic mass is 16.5. The number of nitrogens with two attached hydrogens (primary N) is 1. The summed E-state index contributed by atoms with van der Waals surface area (Å²) in [5, 5.41) is 0. The van der Waals surface area contributed by atoms with E-state index in [9.17, 15) is 0 Å². The lowest BCUT2D eigenvalue weighted by atomic mass is 10.0. The summed E-state index contributed by atoms with van der Waals surface area (Å²) in [4.78, 5) is 2.25. The van der Waals surface area contributed by atoms with E-state index in [-0.39, 0.29) is 6.10 Å². The highest BCUT2D eigenvalue weighted by molar-refractivity contribution is 5.61. The number of fused-ring (bicyclic) bond motifs is 1. The van der Waals surface area contributed by atoms with Crippen molar-refractivity contribution in [2.45, 2.75) is 26.5 Å². The van der Waals surface area contributed by atoms with Crippen molar-refractivity contribution < 1.29 is 4.74 Å². The summed E-state index contributed by atoms with van der Waals surface area (Å²) < 4.78 is 6.01. The van der Waals surface area contributed by atoms with Crippen LogP contribution in [0.15, 0.2) is 18.2 Å². The first-order valence-corrected chi connectivity index (χ1v) is 5.82. The molecule has 3 nitrogen and oxygen atoms in total. The van der Waals surface area contributed by atoms with Crippen LogP contribution in [0.3, 0.4) is 0 Å². The minimum absolute atomic E-state index is 0.269. The molecule has 0 saturated heterocycles. The third kappa shape index (κ3) is 2.00. The Bertz CT molecular complexity index is 376. The molecule has 2 N–H and O–H groups in total. The molecule has 0 aliphatic carbocycles. The van der Waals surface area contributed by atoms with Crippen molar-refractivity contribution in [3.63, 3.8) is 0 Å². The SMILES string of the molecule is CC(C)C1CN(C)c2ccc(CN)cc2O1. The van der Waals surface area contributed by atoms with Crippen LogP contribution in [0.25, 0.3) is 0 Å². The normalized spacial score (nSPS) is 19.6. The number of benzene rings is 1. The number of anilines is 1. The lowest BCUT2D eigenvalue weighted by Gasteiger charge is -2.36. The van der Waals surface area contributed by atoms with Gasteiger partial charge in [0.05, 0.1) is 12.2 Å². The number of hydrogen-bond acceptors (Lipinski definition) is 3. The molecule has 0 bridgehead atoms. The Morgan fingerprint density at radius 1 is 1.50 bits per heavy atom. The molecule has 3 heteroatoms. The minimum Gasteiger partial charge on any atom is -0.486 e. The number of likely N-dealkylation sites (N-methyl/N-ethyl adjacent to an activating group) is 1. The second-order valence-electron chi connectivity index (χ2n) is 4.79. The first-order valence-electron chi connectivity index (χ1n) is 5.82. The van der Waals surface area contributed by atoms with Crippen LogP contribution in [-0.2, 0) is 6.54 Å². The van der Waals surface area contributed by atoms with Gasteiger partial charge in [-0.3, -0.25) is 0 Å². The van der Waals surface area contributed by atoms with E-state index in [1.165, 1.54) is 0 Å². The summed E-state index contributed by atoms with van der Waals surface area (Å²) >= 11 is 0. The summed E-state index contributed by atoms with van der Waals surface area (Å²) in [5.74, 6) is 1.49. The van der Waals surface area contributed by atoms with Crippen LogP contribution in [0, 0.1) is 5.92 Å². The summed E-state index contributed by atoms with van der Waals surface area (Å²) in [5.41, 5.74) is 7.93. The Balaban J connectivity index is 2.31. The van der Waals surface area contributed by atoms with E-state index in [0.717, 1.165) is 23.5 Å². The van der Waals surface area contributed by atoms with Crippen molar-refractivity contribution in [3.05, 3.63) is 23.8 Å². The summed E-state index contributed by atoms with van der Waals surface area (Å²) in [6.07, 6.45) is 0.269. The van der Waals surface area contributed by atoms with E-state index in [1.807, 2.05) is 0 Å². The van der Waals surface area contributed by atoms with E-state index >= 15 is 0 Å². The predicted molar refractivity (Wildman–Crippen MR) is 66.9 cm³/mol. The molecule has 0 spiro atoms. The fraction of sp³-hybridized carbons (Fsp3) is 0.538. The molecule has 1 atom stereocenters. The van der Waals surface area contributed by atoms with Gasteiger partial charge in [0, 0.05) is 13.6 Å². The van der Waals surface area contributed by atoms with Crippen molar-refractivity contribution in [2.75, 3.05) is 18.5 Å². The van der Waals surface area contributed by atoms with Crippen LogP contribution in [0.1, 0.15) is 19.4 Å². The molecule has 0 fully saturated rings. The second-order valence-corrected chi connectivity index (χ2v) is 4.79. The Morgan fingerprint density at radius 3 is 2.88 bits per heavy atom. The predicted octanol–water partition coefficient (Wildman–Crippen LogP) is 2.00. The molecule has 0 radical (unpaired) electrons. The maximum atomic E-state index is 6.01. The van der Waals surface area contributed by atoms with Gasteiger partial charge in [0.2, 0.25) is 0 Å². The van der Waals surface area contributed by atoms with Gasteiger partial charge in [0.1, 0.15) is 11.9 Å². The third-order valence-corrected chi connectivity index (χ3v) is 3.15. The molecule has 88 valence electrons. The number of ether oxygens (including phenoxy) is 1. The molecule has 0 saturated carbocycles. The fourth-order valence-corrected chi connectivity index (χ4v) is 2.01. The van der Waals surface area contributed by atoms with Gasteiger partial charge < -0.3 is 15.4 Å². The van der Waals surface area contributed by atoms with Crippen molar-refractivity contribution in [1.82, 2.24) is 0 Å². The van der Waals surface area contributed by atoms with Crippen LogP contribution in [0.2, 0.25) is 0 Å². The second kappa shape index (κ2) is 4.34. The maximum Gasteiger partial charge on any atom is 0.143 e. The lowest BCUT2D eigenvalue weighted by Crippen LogP contribution is -2.40. The largest absolute Gasteiger partial charge is 0.486 e. The Labute approximate surface area is 97.2 Å². The molecule has 0 amide bonds. The molecule has 16 heavy (non-hydrogen) atoms. The van der Waals surface area contributed by atoms with Gasteiger partial charge in [-0.1, -0.05) is 19.9 Å². The highest BCUT2D eigenvalue weighted by Crippen LogP contribution is 2.34. The zero-order valence-electron chi connectivity index (χ0n) is 10.2. The summed E-state index contributed by atoms with van der Waals surface area (Å²) in [6.45, 7) is 5.89. The highest BCUT2D eigenvalue weighted by Gasteiger charge is 2.25. The summed E-state index contributed by atoms with van der Waals surface area (Å²) in [6, 6.07) is 6.21. The van der Waals surface area contributed by atoms with Gasteiger partial charge in [0.15, 0.2) is 0 Å². The molecule has 1 aliphatic heterocycles. The topological polar surface area (TPSA) is 38.5 Å². The molecule has 2 rings (SSSR count). The molecule has 1 aliphatic rings. The van der Waals surface area contributed by atoms with Crippen LogP contribution in [-0.4, -0.2) is 19.7 Å². The number of rotatable bonds is 2. The van der Waals surface area contributed by atoms with Crippen LogP contribution in [0.5, 0.6) is 5.75 Å². The Hall–Kier alpha value is -1.22. The van der Waals surface area contributed by atoms with Crippen LogP contribution < -0.4 is 15.4 Å². The van der Waals surface area contributed by atoms with Gasteiger partial charge >= 0.3 is 0 Å². The minimum atomic E-state index is 0.269. The zero-order valence-corrected chi connectivity index (χ0v) is 10.2. The molecule has 1 aromatic rings. The van der Waals surface area contributed by atoms with E-state index in [0.29, 0.717) is 12.5 Å². The van der Waals surface area contributed by atoms with E-state index in [1.54, 1.807) is 0 Å². The van der Waals surface area contributed by atoms with E-state index < -0.39 is 0 Å². The van der Waals surface area contributed by atoms with Gasteiger partial charge in [0.25, 0.3) is 0 Å². The van der Waals surface area contributed by atoms with Crippen molar-refractivity contribution >= 4 is 5.69 Å². The monoisotopic (exact) mass is 220 g/mol. The Morgan fingerprint density at radius 2 is 2.25 bits per heavy atom. The molecular weight excluding hydrogens is 200 g/mol. The first-order chi connectivity index (χ1) is 7.61. The zero-order chi connectivity index (χ0) is 11.7. The number of nitrogens with zero attached hydrogens (tertiary/aromatic N) is 1. The fourth-order valence-electron chi connectivity index (χ4n) is 2.01. The first kappa shape index (κ1) is 11.3. The average molecular weight is 220 g/mol. The average Bonchev–Trinajstić information content (AvgIpc) is 2.28. The van der Waals surface area contributed by atoms with Crippen LogP contribution in [0.4, 0.5) is 5.69 Å². The van der Waals surface area contributed by atoms with Gasteiger partial charge in [-0.05, 0) is 23.6 Å². The van der Waals surface area contributed by atoms with Crippen LogP contribution >= 0.6 is 0 Å². The standard InChI is InChI=1S/C13H20N2O/c1-9(2)13-8-15(3)11-5-4-10(7-14)6-12(11)16-13/h4-6,9,13H,7-8,14H2,1-3H3. The van der Waals surface area contributed by atoms with Crippen molar-refractivity contribution in [1.29, 1.82) is 0 Å². The lowest BCUT2D eigenvalue weighted by molar-refractivity contribution is 0.147. The molecule has 1 heterocycles. The Kier molecular flexibility index (Phi) is 3.06. The summed E-state index contributed by atoms with van der Waals surface area (Å²) in [7, 11) is 2.11. The van der Waals surface area contributed by atoms with E-state index in [2.05, 4.69) is 44.0 Å². The molecule has 0 aromatic heterocycles. The van der Waals surface area contributed by atoms with E-state index in [4.69, 9.17) is 10.5 Å². The van der Waals surface area contributed by atoms with Gasteiger partial charge in [-0.2, -0.15) is 0 Å². The quantitative estimate of drug-likeness (QED) is 0.828. The van der Waals surface area contributed by atoms with Gasteiger partial charge in [-0.25, -0.2) is 0 Å². The molecular formula is C13H20N2O. The number of hydrogen-bond donors (Lipinski definition) is 1. The van der Waals surface area contributed by atoms with Crippen molar-refractivity contribution in [3.8, 4) is 5.75 Å². The molecule has 1 aromatic carbocycles. The molecule has 1 unspecified atom stereocenters. The third-order valence-electron chi connectivity index (χ3n) is 3.15. The van der Waals surface area contributed by atoms with Crippen molar-refractivity contribution in [2.24, 2.45) is 11.7 Å².